The van der Waals surface area contributed by atoms with E-state index < -0.39 is 6.04 Å². The highest BCUT2D eigenvalue weighted by Gasteiger charge is 2.34. The number of anilines is 1. The first-order valence-corrected chi connectivity index (χ1v) is 19.1. The molecule has 0 unspecified atom stereocenters. The standard InChI is InChI=1S/C44H50ClN5O3/c1-3-35-9-11-36(12-10-35)17-22-43(52)50(33-39-15-20-41(21-16-39)48-29-27-47(28-30-48)34(2)51)42(31-37-7-5-4-6-8-37)44(53)49-25-23-46(24-26-49)32-38-13-18-40(45)19-14-38/h4-22,42H,3,23-33H2,1-2H3/b22-17+/t42-/m0/s1. The molecule has 0 bridgehead atoms. The number of rotatable bonds is 12. The molecular formula is C44H50ClN5O3. The van der Waals surface area contributed by atoms with Crippen LogP contribution in [-0.2, 0) is 40.3 Å². The number of piperazine rings is 2. The number of aryl methyl sites for hydroxylation is 1. The predicted molar refractivity (Wildman–Crippen MR) is 214 cm³/mol. The number of carbonyl (C=O) groups is 3. The summed E-state index contributed by atoms with van der Waals surface area (Å²) in [5.74, 6) is -0.130. The molecule has 8 nitrogen and oxygen atoms in total. The van der Waals surface area contributed by atoms with Crippen LogP contribution in [0.1, 0.15) is 41.7 Å². The molecule has 2 saturated heterocycles. The van der Waals surface area contributed by atoms with E-state index in [1.807, 2.05) is 82.6 Å². The molecule has 0 saturated carbocycles. The number of halogens is 1. The summed E-state index contributed by atoms with van der Waals surface area (Å²) >= 11 is 6.11. The van der Waals surface area contributed by atoms with Crippen molar-refractivity contribution >= 4 is 41.1 Å². The maximum Gasteiger partial charge on any atom is 0.247 e. The largest absolute Gasteiger partial charge is 0.368 e. The van der Waals surface area contributed by atoms with Crippen molar-refractivity contribution in [3.05, 3.63) is 142 Å². The van der Waals surface area contributed by atoms with Gasteiger partial charge in [0.1, 0.15) is 6.04 Å². The fourth-order valence-corrected chi connectivity index (χ4v) is 7.24. The summed E-state index contributed by atoms with van der Waals surface area (Å²) < 4.78 is 0. The van der Waals surface area contributed by atoms with Gasteiger partial charge in [0.15, 0.2) is 0 Å². The topological polar surface area (TPSA) is 67.4 Å². The molecule has 2 fully saturated rings. The van der Waals surface area contributed by atoms with E-state index >= 15 is 0 Å². The third-order valence-corrected chi connectivity index (χ3v) is 10.7. The fourth-order valence-electron chi connectivity index (χ4n) is 7.11. The van der Waals surface area contributed by atoms with Crippen molar-refractivity contribution < 1.29 is 14.4 Å². The summed E-state index contributed by atoms with van der Waals surface area (Å²) in [5, 5.41) is 0.720. The van der Waals surface area contributed by atoms with Crippen molar-refractivity contribution in [2.45, 2.75) is 45.8 Å². The summed E-state index contributed by atoms with van der Waals surface area (Å²) in [6, 6.07) is 33.7. The number of benzene rings is 4. The molecule has 1 atom stereocenters. The van der Waals surface area contributed by atoms with E-state index in [-0.39, 0.29) is 24.3 Å². The highest BCUT2D eigenvalue weighted by atomic mass is 35.5. The molecular weight excluding hydrogens is 682 g/mol. The Morgan fingerprint density at radius 1 is 0.698 bits per heavy atom. The Bertz CT molecular complexity index is 1830. The van der Waals surface area contributed by atoms with Crippen molar-refractivity contribution in [2.24, 2.45) is 0 Å². The first-order chi connectivity index (χ1) is 25.7. The minimum Gasteiger partial charge on any atom is -0.368 e. The molecule has 6 rings (SSSR count). The lowest BCUT2D eigenvalue weighted by Gasteiger charge is -2.39. The third-order valence-electron chi connectivity index (χ3n) is 10.4. The lowest BCUT2D eigenvalue weighted by atomic mass is 10.0. The first-order valence-electron chi connectivity index (χ1n) is 18.7. The zero-order chi connectivity index (χ0) is 37.2. The monoisotopic (exact) mass is 731 g/mol. The summed E-state index contributed by atoms with van der Waals surface area (Å²) in [6.45, 7) is 10.4. The van der Waals surface area contributed by atoms with Gasteiger partial charge in [-0.25, -0.2) is 0 Å². The van der Waals surface area contributed by atoms with Crippen LogP contribution < -0.4 is 4.90 Å². The van der Waals surface area contributed by atoms with Gasteiger partial charge in [-0.3, -0.25) is 19.3 Å². The van der Waals surface area contributed by atoms with E-state index in [1.54, 1.807) is 17.9 Å². The van der Waals surface area contributed by atoms with Gasteiger partial charge in [0.05, 0.1) is 0 Å². The average Bonchev–Trinajstić information content (AvgIpc) is 3.20. The molecule has 9 heteroatoms. The number of hydrogen-bond acceptors (Lipinski definition) is 5. The van der Waals surface area contributed by atoms with Crippen molar-refractivity contribution in [1.29, 1.82) is 0 Å². The molecule has 4 aromatic carbocycles. The zero-order valence-electron chi connectivity index (χ0n) is 30.9. The van der Waals surface area contributed by atoms with Crippen LogP contribution in [0.4, 0.5) is 5.69 Å². The molecule has 2 aliphatic rings. The second kappa shape index (κ2) is 18.2. The Balaban J connectivity index is 1.24. The number of hydrogen-bond donors (Lipinski definition) is 0. The van der Waals surface area contributed by atoms with Gasteiger partial charge in [-0.15, -0.1) is 0 Å². The van der Waals surface area contributed by atoms with E-state index in [2.05, 4.69) is 53.1 Å². The van der Waals surface area contributed by atoms with Crippen molar-refractivity contribution in [3.63, 3.8) is 0 Å². The van der Waals surface area contributed by atoms with Crippen molar-refractivity contribution in [3.8, 4) is 0 Å². The maximum absolute atomic E-state index is 14.7. The average molecular weight is 732 g/mol. The van der Waals surface area contributed by atoms with Crippen LogP contribution in [0.3, 0.4) is 0 Å². The molecule has 2 aliphatic heterocycles. The lowest BCUT2D eigenvalue weighted by Crippen LogP contribution is -2.56. The Labute approximate surface area is 319 Å². The quantitative estimate of drug-likeness (QED) is 0.154. The highest BCUT2D eigenvalue weighted by molar-refractivity contribution is 6.30. The molecule has 0 spiro atoms. The maximum atomic E-state index is 14.7. The van der Waals surface area contributed by atoms with Crippen LogP contribution in [0.25, 0.3) is 6.08 Å². The molecule has 0 aliphatic carbocycles. The summed E-state index contributed by atoms with van der Waals surface area (Å²) in [7, 11) is 0. The van der Waals surface area contributed by atoms with Crippen LogP contribution in [-0.4, -0.2) is 95.7 Å². The summed E-state index contributed by atoms with van der Waals surface area (Å²) in [5.41, 5.74) is 6.40. The molecule has 276 valence electrons. The van der Waals surface area contributed by atoms with E-state index in [1.165, 1.54) is 11.1 Å². The molecule has 0 aromatic heterocycles. The minimum absolute atomic E-state index is 0.0333. The molecule has 0 N–H and O–H groups in total. The van der Waals surface area contributed by atoms with Crippen LogP contribution in [0.15, 0.2) is 109 Å². The molecule has 53 heavy (non-hydrogen) atoms. The van der Waals surface area contributed by atoms with E-state index in [0.717, 1.165) is 66.5 Å². The Hall–Kier alpha value is -4.92. The van der Waals surface area contributed by atoms with Crippen molar-refractivity contribution in [1.82, 2.24) is 19.6 Å². The van der Waals surface area contributed by atoms with Gasteiger partial charge < -0.3 is 19.6 Å². The molecule has 2 heterocycles. The van der Waals surface area contributed by atoms with Crippen LogP contribution >= 0.6 is 11.6 Å². The van der Waals surface area contributed by atoms with Gasteiger partial charge in [-0.2, -0.15) is 0 Å². The minimum atomic E-state index is -0.695. The molecule has 0 radical (unpaired) electrons. The van der Waals surface area contributed by atoms with Gasteiger partial charge in [0.2, 0.25) is 17.7 Å². The third kappa shape index (κ3) is 10.4. The lowest BCUT2D eigenvalue weighted by molar-refractivity contribution is -0.145. The second-order valence-electron chi connectivity index (χ2n) is 14.0. The Morgan fingerprint density at radius 2 is 1.30 bits per heavy atom. The summed E-state index contributed by atoms with van der Waals surface area (Å²) in [4.78, 5) is 51.1. The van der Waals surface area contributed by atoms with Gasteiger partial charge in [0, 0.05) is 95.6 Å². The van der Waals surface area contributed by atoms with E-state index in [4.69, 9.17) is 11.6 Å². The number of nitrogens with zero attached hydrogens (tertiary/aromatic N) is 5. The predicted octanol–water partition coefficient (Wildman–Crippen LogP) is 6.57. The SMILES string of the molecule is CCc1ccc(/C=C/C(=O)N(Cc2ccc(N3CCN(C(C)=O)CC3)cc2)[C@@H](Cc2ccccc2)C(=O)N2CCN(Cc3ccc(Cl)cc3)CC2)cc1. The van der Waals surface area contributed by atoms with Gasteiger partial charge in [-0.05, 0) is 64.6 Å². The normalized spacial score (nSPS) is 15.8. The van der Waals surface area contributed by atoms with Crippen LogP contribution in [0, 0.1) is 0 Å². The van der Waals surface area contributed by atoms with Crippen LogP contribution in [0.5, 0.6) is 0 Å². The fraction of sp³-hybridized carbons (Fsp3) is 0.341. The van der Waals surface area contributed by atoms with Crippen LogP contribution in [0.2, 0.25) is 5.02 Å². The number of amides is 3. The number of carbonyl (C=O) groups excluding carboxylic acids is 3. The summed E-state index contributed by atoms with van der Waals surface area (Å²) in [6.07, 6.45) is 4.81. The smallest absolute Gasteiger partial charge is 0.247 e. The first kappa shape index (κ1) is 37.8. The molecule has 4 aromatic rings. The zero-order valence-corrected chi connectivity index (χ0v) is 31.6. The Kier molecular flexibility index (Phi) is 13.0. The van der Waals surface area contributed by atoms with E-state index in [0.29, 0.717) is 32.6 Å². The van der Waals surface area contributed by atoms with Gasteiger partial charge in [0.25, 0.3) is 0 Å². The Morgan fingerprint density at radius 3 is 1.92 bits per heavy atom. The molecule has 3 amide bonds. The van der Waals surface area contributed by atoms with Gasteiger partial charge >= 0.3 is 0 Å². The highest BCUT2D eigenvalue weighted by Crippen LogP contribution is 2.23. The van der Waals surface area contributed by atoms with E-state index in [9.17, 15) is 14.4 Å². The van der Waals surface area contributed by atoms with Crippen molar-refractivity contribution in [2.75, 3.05) is 57.3 Å². The van der Waals surface area contributed by atoms with Gasteiger partial charge in [-0.1, -0.05) is 97.4 Å². The second-order valence-corrected chi connectivity index (χ2v) is 14.4.